The molecule has 146 valence electrons. The molecule has 0 bridgehead atoms. The molecule has 10 heteroatoms. The number of nitrogens with zero attached hydrogens (tertiary/aromatic N) is 2. The lowest BCUT2D eigenvalue weighted by atomic mass is 10.1. The van der Waals surface area contributed by atoms with E-state index >= 15 is 0 Å². The highest BCUT2D eigenvalue weighted by Gasteiger charge is 2.13. The number of hydrogen-bond acceptors (Lipinski definition) is 6. The first-order chi connectivity index (χ1) is 13.8. The number of benzene rings is 2. The van der Waals surface area contributed by atoms with Crippen molar-refractivity contribution in [3.8, 4) is 0 Å². The van der Waals surface area contributed by atoms with E-state index in [0.717, 1.165) is 12.1 Å². The maximum absolute atomic E-state index is 13.6. The third-order valence-electron chi connectivity index (χ3n) is 3.71. The van der Waals surface area contributed by atoms with Crippen LogP contribution in [0.4, 0.5) is 21.6 Å². The van der Waals surface area contributed by atoms with E-state index in [1.54, 1.807) is 18.2 Å². The van der Waals surface area contributed by atoms with Crippen LogP contribution in [-0.4, -0.2) is 27.7 Å². The first-order valence-corrected chi connectivity index (χ1v) is 8.22. The second kappa shape index (κ2) is 8.13. The molecule has 0 saturated carbocycles. The minimum absolute atomic E-state index is 0.0261. The third kappa shape index (κ3) is 4.89. The van der Waals surface area contributed by atoms with Gasteiger partial charge in [-0.25, -0.2) is 9.37 Å². The van der Waals surface area contributed by atoms with Crippen LogP contribution in [0.1, 0.15) is 31.2 Å². The number of aromatic nitrogens is 2. The van der Waals surface area contributed by atoms with Crippen molar-refractivity contribution < 1.29 is 18.8 Å². The molecular formula is C19H15FN6O3. The highest BCUT2D eigenvalue weighted by molar-refractivity contribution is 6.07. The molecule has 0 aliphatic carbocycles. The van der Waals surface area contributed by atoms with Crippen LogP contribution in [-0.2, 0) is 0 Å². The fraction of sp³-hybridized carbons (Fsp3) is 0. The maximum atomic E-state index is 13.6. The van der Waals surface area contributed by atoms with Crippen LogP contribution in [0, 0.1) is 5.82 Å². The Labute approximate surface area is 164 Å². The summed E-state index contributed by atoms with van der Waals surface area (Å²) in [4.78, 5) is 43.5. The average molecular weight is 394 g/mol. The smallest absolute Gasteiger partial charge is 0.275 e. The van der Waals surface area contributed by atoms with E-state index in [9.17, 15) is 18.8 Å². The van der Waals surface area contributed by atoms with Crippen molar-refractivity contribution in [2.75, 3.05) is 16.4 Å². The van der Waals surface area contributed by atoms with Gasteiger partial charge >= 0.3 is 0 Å². The number of anilines is 3. The Balaban J connectivity index is 1.75. The van der Waals surface area contributed by atoms with Gasteiger partial charge in [-0.3, -0.25) is 19.4 Å². The Kier molecular flexibility index (Phi) is 5.44. The van der Waals surface area contributed by atoms with E-state index in [2.05, 4.69) is 20.6 Å². The number of carbonyl (C=O) groups excluding carboxylic acids is 3. The summed E-state index contributed by atoms with van der Waals surface area (Å²) in [5.41, 5.74) is 11.2. The number of primary amides is 1. The predicted molar refractivity (Wildman–Crippen MR) is 104 cm³/mol. The summed E-state index contributed by atoms with van der Waals surface area (Å²) in [5.74, 6) is -2.71. The van der Waals surface area contributed by atoms with Crippen molar-refractivity contribution in [2.24, 2.45) is 5.73 Å². The van der Waals surface area contributed by atoms with Gasteiger partial charge in [0.15, 0.2) is 0 Å². The van der Waals surface area contributed by atoms with Crippen LogP contribution >= 0.6 is 0 Å². The topological polar surface area (TPSA) is 153 Å². The van der Waals surface area contributed by atoms with Crippen LogP contribution in [0.15, 0.2) is 54.9 Å². The summed E-state index contributed by atoms with van der Waals surface area (Å²) in [6, 6.07) is 9.36. The molecule has 0 atom stereocenters. The molecule has 9 nitrogen and oxygen atoms in total. The molecule has 29 heavy (non-hydrogen) atoms. The van der Waals surface area contributed by atoms with Crippen LogP contribution in [0.25, 0.3) is 0 Å². The molecule has 1 heterocycles. The number of halogens is 1. The lowest BCUT2D eigenvalue weighted by Gasteiger charge is -2.09. The standard InChI is InChI=1S/C19H15FN6O3/c20-12-5-10(17(22)27)4-11(6-12)18(28)24-13-2-1-3-14(7-13)25-19(29)15-8-23-9-16(21)26-15/h1-9H,(H2,21,26)(H2,22,27)(H,24,28)(H,25,29). The quantitative estimate of drug-likeness (QED) is 0.517. The number of nitrogens with one attached hydrogen (secondary N) is 2. The normalized spacial score (nSPS) is 10.2. The first kappa shape index (κ1) is 19.4. The van der Waals surface area contributed by atoms with Crippen molar-refractivity contribution in [2.45, 2.75) is 0 Å². The zero-order valence-corrected chi connectivity index (χ0v) is 14.8. The molecule has 0 spiro atoms. The van der Waals surface area contributed by atoms with E-state index in [0.29, 0.717) is 11.4 Å². The molecule has 3 aromatic rings. The molecule has 1 aromatic heterocycles. The van der Waals surface area contributed by atoms with Gasteiger partial charge in [-0.2, -0.15) is 0 Å². The van der Waals surface area contributed by atoms with Crippen molar-refractivity contribution >= 4 is 34.9 Å². The molecule has 0 aliphatic rings. The van der Waals surface area contributed by atoms with Gasteiger partial charge < -0.3 is 22.1 Å². The largest absolute Gasteiger partial charge is 0.382 e. The molecule has 0 fully saturated rings. The average Bonchev–Trinajstić information content (AvgIpc) is 2.67. The summed E-state index contributed by atoms with van der Waals surface area (Å²) in [7, 11) is 0. The van der Waals surface area contributed by atoms with Crippen LogP contribution in [0.5, 0.6) is 0 Å². The van der Waals surface area contributed by atoms with Gasteiger partial charge in [0.05, 0.1) is 12.4 Å². The van der Waals surface area contributed by atoms with E-state index < -0.39 is 23.5 Å². The molecular weight excluding hydrogens is 379 g/mol. The Bertz CT molecular complexity index is 1120. The minimum atomic E-state index is -0.854. The molecule has 0 aliphatic heterocycles. The summed E-state index contributed by atoms with van der Waals surface area (Å²) in [6.07, 6.45) is 2.57. The second-order valence-electron chi connectivity index (χ2n) is 5.91. The number of rotatable bonds is 5. The maximum Gasteiger partial charge on any atom is 0.275 e. The van der Waals surface area contributed by atoms with Crippen molar-refractivity contribution in [3.05, 3.63) is 77.5 Å². The zero-order valence-electron chi connectivity index (χ0n) is 14.8. The number of carbonyl (C=O) groups is 3. The second-order valence-corrected chi connectivity index (χ2v) is 5.91. The van der Waals surface area contributed by atoms with E-state index in [1.807, 2.05) is 0 Å². The van der Waals surface area contributed by atoms with Crippen molar-refractivity contribution in [3.63, 3.8) is 0 Å². The molecule has 2 aromatic carbocycles. The van der Waals surface area contributed by atoms with Gasteiger partial charge in [0.2, 0.25) is 5.91 Å². The van der Waals surface area contributed by atoms with E-state index in [4.69, 9.17) is 11.5 Å². The Morgan fingerprint density at radius 2 is 1.55 bits per heavy atom. The fourth-order valence-electron chi connectivity index (χ4n) is 2.43. The van der Waals surface area contributed by atoms with Crippen molar-refractivity contribution in [1.29, 1.82) is 0 Å². The summed E-state index contributed by atoms with van der Waals surface area (Å²) < 4.78 is 13.6. The molecule has 3 rings (SSSR count). The van der Waals surface area contributed by atoms with Crippen LogP contribution < -0.4 is 22.1 Å². The highest BCUT2D eigenvalue weighted by Crippen LogP contribution is 2.18. The summed E-state index contributed by atoms with van der Waals surface area (Å²) in [5, 5.41) is 5.16. The van der Waals surface area contributed by atoms with Crippen molar-refractivity contribution in [1.82, 2.24) is 9.97 Å². The van der Waals surface area contributed by atoms with E-state index in [1.165, 1.54) is 24.5 Å². The molecule has 0 unspecified atom stereocenters. The third-order valence-corrected chi connectivity index (χ3v) is 3.71. The van der Waals surface area contributed by atoms with Gasteiger partial charge in [-0.15, -0.1) is 0 Å². The van der Waals surface area contributed by atoms with Crippen LogP contribution in [0.3, 0.4) is 0 Å². The predicted octanol–water partition coefficient (Wildman–Crippen LogP) is 1.80. The van der Waals surface area contributed by atoms with Gasteiger partial charge in [0.1, 0.15) is 17.3 Å². The molecule has 3 amide bonds. The monoisotopic (exact) mass is 394 g/mol. The Morgan fingerprint density at radius 3 is 2.21 bits per heavy atom. The highest BCUT2D eigenvalue weighted by atomic mass is 19.1. The van der Waals surface area contributed by atoms with Crippen LogP contribution in [0.2, 0.25) is 0 Å². The lowest BCUT2D eigenvalue weighted by Crippen LogP contribution is -2.17. The summed E-state index contributed by atoms with van der Waals surface area (Å²) >= 11 is 0. The number of nitrogen functional groups attached to an aromatic ring is 1. The number of amides is 3. The molecule has 0 saturated heterocycles. The summed E-state index contributed by atoms with van der Waals surface area (Å²) in [6.45, 7) is 0. The van der Waals surface area contributed by atoms with Gasteiger partial charge in [-0.05, 0) is 36.4 Å². The molecule has 6 N–H and O–H groups in total. The molecule has 0 radical (unpaired) electrons. The minimum Gasteiger partial charge on any atom is -0.382 e. The fourth-order valence-corrected chi connectivity index (χ4v) is 2.43. The Hall–Kier alpha value is -4.34. The SMILES string of the molecule is NC(=O)c1cc(F)cc(C(=O)Nc2cccc(NC(=O)c3cncc(N)n3)c2)c1. The number of nitrogens with two attached hydrogens (primary N) is 2. The van der Waals surface area contributed by atoms with Gasteiger partial charge in [0.25, 0.3) is 11.8 Å². The number of hydrogen-bond donors (Lipinski definition) is 4. The van der Waals surface area contributed by atoms with E-state index in [-0.39, 0.29) is 22.6 Å². The lowest BCUT2D eigenvalue weighted by molar-refractivity contribution is 0.0996. The first-order valence-electron chi connectivity index (χ1n) is 8.22. The Morgan fingerprint density at radius 1 is 0.897 bits per heavy atom. The zero-order chi connectivity index (χ0) is 21.0. The van der Waals surface area contributed by atoms with Gasteiger partial charge in [-0.1, -0.05) is 6.07 Å². The van der Waals surface area contributed by atoms with Gasteiger partial charge in [0, 0.05) is 22.5 Å².